The second-order valence-corrected chi connectivity index (χ2v) is 9.35. The van der Waals surface area contributed by atoms with Crippen LogP contribution in [0, 0.1) is 5.41 Å². The fraction of sp³-hybridized carbons (Fsp3) is 0.500. The summed E-state index contributed by atoms with van der Waals surface area (Å²) in [6, 6.07) is 18.7. The molecule has 0 unspecified atom stereocenters. The van der Waals surface area contributed by atoms with E-state index in [0.717, 1.165) is 30.3 Å². The number of hydrogen-bond donors (Lipinski definition) is 0. The lowest BCUT2D eigenvalue weighted by Gasteiger charge is -2.50. The Morgan fingerprint density at radius 1 is 0.759 bits per heavy atom. The minimum atomic E-state index is 0.105. The van der Waals surface area contributed by atoms with E-state index in [2.05, 4.69) is 21.9 Å². The number of benzene rings is 2. The number of anilines is 1. The second-order valence-electron chi connectivity index (χ2n) is 9.35. The highest BCUT2D eigenvalue weighted by molar-refractivity contribution is 6.09. The average molecular weight is 389 g/mol. The number of rotatable bonds is 4. The van der Waals surface area contributed by atoms with Crippen LogP contribution < -0.4 is 4.90 Å². The van der Waals surface area contributed by atoms with Crippen molar-refractivity contribution in [1.82, 2.24) is 4.90 Å². The van der Waals surface area contributed by atoms with Crippen LogP contribution in [-0.4, -0.2) is 42.9 Å². The van der Waals surface area contributed by atoms with Crippen LogP contribution in [0.5, 0.6) is 0 Å². The van der Waals surface area contributed by atoms with Crippen molar-refractivity contribution in [2.45, 2.75) is 51.0 Å². The topological polar surface area (TPSA) is 23.6 Å². The molecule has 2 aromatic carbocycles. The van der Waals surface area contributed by atoms with Gasteiger partial charge < -0.3 is 9.80 Å². The van der Waals surface area contributed by atoms with E-state index in [9.17, 15) is 4.79 Å². The minimum absolute atomic E-state index is 0.105. The Morgan fingerprint density at radius 2 is 1.34 bits per heavy atom. The summed E-state index contributed by atoms with van der Waals surface area (Å²) in [5, 5.41) is 0. The van der Waals surface area contributed by atoms with E-state index in [0.29, 0.717) is 5.41 Å². The Balaban J connectivity index is 1.17. The molecular weight excluding hydrogens is 356 g/mol. The van der Waals surface area contributed by atoms with Crippen LogP contribution in [-0.2, 0) is 0 Å². The summed E-state index contributed by atoms with van der Waals surface area (Å²) < 4.78 is 0. The predicted molar refractivity (Wildman–Crippen MR) is 119 cm³/mol. The highest BCUT2D eigenvalue weighted by Gasteiger charge is 2.39. The molecular formula is C26H32N2O. The molecule has 0 aromatic heterocycles. The Morgan fingerprint density at radius 3 is 1.93 bits per heavy atom. The molecule has 152 valence electrons. The monoisotopic (exact) mass is 388 g/mol. The molecule has 0 atom stereocenters. The largest absolute Gasteiger partial charge is 0.371 e. The number of ketones is 1. The molecule has 5 rings (SSSR count). The molecule has 0 amide bonds. The van der Waals surface area contributed by atoms with Crippen molar-refractivity contribution < 1.29 is 4.79 Å². The Labute approximate surface area is 174 Å². The van der Waals surface area contributed by atoms with E-state index in [-0.39, 0.29) is 5.78 Å². The molecule has 2 aliphatic heterocycles. The number of carbonyl (C=O) groups is 1. The van der Waals surface area contributed by atoms with E-state index in [4.69, 9.17) is 0 Å². The highest BCUT2D eigenvalue weighted by Crippen LogP contribution is 2.43. The van der Waals surface area contributed by atoms with Gasteiger partial charge in [-0.15, -0.1) is 0 Å². The minimum Gasteiger partial charge on any atom is -0.371 e. The second kappa shape index (κ2) is 7.95. The molecule has 3 nitrogen and oxygen atoms in total. The summed E-state index contributed by atoms with van der Waals surface area (Å²) >= 11 is 0. The van der Waals surface area contributed by atoms with Crippen LogP contribution in [0.25, 0.3) is 0 Å². The molecule has 29 heavy (non-hydrogen) atoms. The maximum absolute atomic E-state index is 12.6. The van der Waals surface area contributed by atoms with Crippen LogP contribution in [0.2, 0.25) is 0 Å². The number of hydrogen-bond acceptors (Lipinski definition) is 3. The highest BCUT2D eigenvalue weighted by atomic mass is 16.1. The number of carbonyl (C=O) groups excluding carboxylic acids is 1. The van der Waals surface area contributed by atoms with Crippen molar-refractivity contribution >= 4 is 11.5 Å². The van der Waals surface area contributed by atoms with Crippen LogP contribution in [0.3, 0.4) is 0 Å². The smallest absolute Gasteiger partial charge is 0.193 e. The van der Waals surface area contributed by atoms with Crippen molar-refractivity contribution in [3.8, 4) is 0 Å². The third kappa shape index (κ3) is 3.85. The third-order valence-electron chi connectivity index (χ3n) is 7.80. The van der Waals surface area contributed by atoms with E-state index in [1.807, 2.05) is 42.5 Å². The van der Waals surface area contributed by atoms with Gasteiger partial charge in [0.2, 0.25) is 0 Å². The Kier molecular flexibility index (Phi) is 5.17. The summed E-state index contributed by atoms with van der Waals surface area (Å²) in [5.74, 6) is 0.105. The maximum Gasteiger partial charge on any atom is 0.193 e. The lowest BCUT2D eigenvalue weighted by atomic mass is 9.70. The van der Waals surface area contributed by atoms with Gasteiger partial charge in [0.05, 0.1) is 0 Å². The summed E-state index contributed by atoms with van der Waals surface area (Å²) in [6.07, 6.45) is 9.72. The van der Waals surface area contributed by atoms with Crippen LogP contribution >= 0.6 is 0 Å². The third-order valence-corrected chi connectivity index (χ3v) is 7.80. The van der Waals surface area contributed by atoms with Gasteiger partial charge in [-0.1, -0.05) is 36.8 Å². The molecule has 1 spiro atoms. The van der Waals surface area contributed by atoms with E-state index in [1.165, 1.54) is 63.7 Å². The van der Waals surface area contributed by atoms with Crippen LogP contribution in [0.15, 0.2) is 54.6 Å². The number of piperidine rings is 2. The molecule has 1 aliphatic carbocycles. The van der Waals surface area contributed by atoms with E-state index in [1.54, 1.807) is 0 Å². The summed E-state index contributed by atoms with van der Waals surface area (Å²) in [6.45, 7) is 4.94. The quantitative estimate of drug-likeness (QED) is 0.677. The molecule has 0 bridgehead atoms. The SMILES string of the molecule is O=C(c1ccccc1)c1ccc(N2CCC3(CC2)CCN(C2CCC2)CC3)cc1. The molecule has 0 N–H and O–H groups in total. The number of likely N-dealkylation sites (tertiary alicyclic amines) is 1. The molecule has 1 saturated carbocycles. The first-order valence-electron chi connectivity index (χ1n) is 11.4. The molecule has 2 saturated heterocycles. The molecule has 3 heteroatoms. The van der Waals surface area contributed by atoms with Gasteiger partial charge in [0.1, 0.15) is 0 Å². The van der Waals surface area contributed by atoms with Gasteiger partial charge in [-0.05, 0) is 81.3 Å². The Bertz CT molecular complexity index is 823. The van der Waals surface area contributed by atoms with Crippen LogP contribution in [0.4, 0.5) is 5.69 Å². The van der Waals surface area contributed by atoms with E-state index >= 15 is 0 Å². The first-order valence-corrected chi connectivity index (χ1v) is 11.4. The van der Waals surface area contributed by atoms with Gasteiger partial charge >= 0.3 is 0 Å². The fourth-order valence-corrected chi connectivity index (χ4v) is 5.43. The number of nitrogens with zero attached hydrogens (tertiary/aromatic N) is 2. The molecule has 2 aromatic rings. The zero-order valence-corrected chi connectivity index (χ0v) is 17.4. The molecule has 3 fully saturated rings. The van der Waals surface area contributed by atoms with Crippen molar-refractivity contribution in [2.24, 2.45) is 5.41 Å². The summed E-state index contributed by atoms with van der Waals surface area (Å²) in [4.78, 5) is 17.9. The zero-order chi connectivity index (χ0) is 19.7. The van der Waals surface area contributed by atoms with Gasteiger partial charge in [-0.2, -0.15) is 0 Å². The molecule has 2 heterocycles. The van der Waals surface area contributed by atoms with E-state index < -0.39 is 0 Å². The van der Waals surface area contributed by atoms with Gasteiger partial charge in [0.25, 0.3) is 0 Å². The van der Waals surface area contributed by atoms with Gasteiger partial charge in [0.15, 0.2) is 5.78 Å². The lowest BCUT2D eigenvalue weighted by Crippen LogP contribution is -2.50. The summed E-state index contributed by atoms with van der Waals surface area (Å²) in [7, 11) is 0. The first kappa shape index (κ1) is 18.9. The maximum atomic E-state index is 12.6. The predicted octanol–water partition coefficient (Wildman–Crippen LogP) is 5.15. The zero-order valence-electron chi connectivity index (χ0n) is 17.4. The summed E-state index contributed by atoms with van der Waals surface area (Å²) in [5.41, 5.74) is 3.38. The van der Waals surface area contributed by atoms with Crippen LogP contribution in [0.1, 0.15) is 60.9 Å². The van der Waals surface area contributed by atoms with Gasteiger partial charge in [-0.3, -0.25) is 4.79 Å². The van der Waals surface area contributed by atoms with Gasteiger partial charge in [0, 0.05) is 35.9 Å². The Hall–Kier alpha value is -2.13. The van der Waals surface area contributed by atoms with Crippen molar-refractivity contribution in [3.63, 3.8) is 0 Å². The normalized spacial score (nSPS) is 22.4. The van der Waals surface area contributed by atoms with Gasteiger partial charge in [-0.25, -0.2) is 0 Å². The fourth-order valence-electron chi connectivity index (χ4n) is 5.43. The standard InChI is InChI=1S/C26H32N2O/c29-25(21-5-2-1-3-6-21)22-9-11-24(12-10-22)28-19-15-26(16-20-28)13-17-27(18-14-26)23-7-4-8-23/h1-3,5-6,9-12,23H,4,7-8,13-20H2. The lowest BCUT2D eigenvalue weighted by molar-refractivity contribution is 0.0306. The van der Waals surface area contributed by atoms with Crippen molar-refractivity contribution in [1.29, 1.82) is 0 Å². The van der Waals surface area contributed by atoms with Crippen molar-refractivity contribution in [2.75, 3.05) is 31.1 Å². The molecule has 3 aliphatic rings. The molecule has 0 radical (unpaired) electrons. The first-order chi connectivity index (χ1) is 14.2. The average Bonchev–Trinajstić information content (AvgIpc) is 2.75. The van der Waals surface area contributed by atoms with Crippen molar-refractivity contribution in [3.05, 3.63) is 65.7 Å².